The van der Waals surface area contributed by atoms with Gasteiger partial charge in [0.1, 0.15) is 0 Å². The topological polar surface area (TPSA) is 68.1 Å². The van der Waals surface area contributed by atoms with Crippen LogP contribution in [0.4, 0.5) is 0 Å². The van der Waals surface area contributed by atoms with Crippen LogP contribution in [0.5, 0.6) is 0 Å². The Morgan fingerprint density at radius 1 is 1.37 bits per heavy atom. The van der Waals surface area contributed by atoms with Gasteiger partial charge in [0.25, 0.3) is 10.0 Å². The smallest absolute Gasteiger partial charge is 0.235 e. The fourth-order valence-corrected chi connectivity index (χ4v) is 5.07. The van der Waals surface area contributed by atoms with E-state index in [1.807, 2.05) is 0 Å². The largest absolute Gasteiger partial charge is 0.263 e. The third-order valence-electron chi connectivity index (χ3n) is 3.59. The molecule has 2 rings (SSSR count). The van der Waals surface area contributed by atoms with Crippen molar-refractivity contribution in [2.24, 2.45) is 13.0 Å². The van der Waals surface area contributed by atoms with E-state index in [9.17, 15) is 8.42 Å². The number of rotatable bonds is 4. The number of piperidine rings is 1. The molecule has 6 nitrogen and oxygen atoms in total. The first-order valence-corrected chi connectivity index (χ1v) is 8.75. The molecule has 1 aliphatic heterocycles. The van der Waals surface area contributed by atoms with Gasteiger partial charge in [-0.2, -0.15) is 4.31 Å². The number of aromatic nitrogens is 3. The van der Waals surface area contributed by atoms with Gasteiger partial charge in [0.05, 0.1) is 0 Å². The van der Waals surface area contributed by atoms with Crippen molar-refractivity contribution in [2.75, 3.05) is 13.1 Å². The second-order valence-electron chi connectivity index (χ2n) is 4.95. The Hall–Kier alpha value is -0.470. The van der Waals surface area contributed by atoms with E-state index in [1.165, 1.54) is 11.1 Å². The van der Waals surface area contributed by atoms with Gasteiger partial charge in [-0.15, -0.1) is 5.10 Å². The van der Waals surface area contributed by atoms with Crippen LogP contribution < -0.4 is 0 Å². The van der Waals surface area contributed by atoms with Gasteiger partial charge in [0, 0.05) is 20.1 Å². The molecule has 0 spiro atoms. The summed E-state index contributed by atoms with van der Waals surface area (Å²) >= 11 is 3.16. The molecule has 0 N–H and O–H groups in total. The third-order valence-corrected chi connectivity index (χ3v) is 6.38. The van der Waals surface area contributed by atoms with Crippen molar-refractivity contribution < 1.29 is 8.42 Å². The summed E-state index contributed by atoms with van der Waals surface area (Å²) in [6.07, 6.45) is 4.23. The summed E-state index contributed by atoms with van der Waals surface area (Å²) in [6.45, 7) is 3.34. The first kappa shape index (κ1) is 14.9. The second kappa shape index (κ2) is 5.88. The van der Waals surface area contributed by atoms with Crippen molar-refractivity contribution in [3.05, 3.63) is 4.60 Å². The highest BCUT2D eigenvalue weighted by Crippen LogP contribution is 2.28. The Bertz CT molecular complexity index is 515. The van der Waals surface area contributed by atoms with E-state index in [0.29, 0.717) is 19.0 Å². The molecule has 1 aromatic heterocycles. The average molecular weight is 351 g/mol. The molecule has 1 fully saturated rings. The van der Waals surface area contributed by atoms with E-state index < -0.39 is 10.0 Å². The van der Waals surface area contributed by atoms with Crippen LogP contribution >= 0.6 is 15.9 Å². The zero-order valence-electron chi connectivity index (χ0n) is 11.2. The maximum atomic E-state index is 12.5. The fourth-order valence-electron chi connectivity index (χ4n) is 2.57. The summed E-state index contributed by atoms with van der Waals surface area (Å²) in [7, 11) is -1.90. The molecule has 8 heteroatoms. The minimum atomic E-state index is -3.49. The lowest BCUT2D eigenvalue weighted by atomic mass is 9.94. The van der Waals surface area contributed by atoms with Gasteiger partial charge in [-0.05, 0) is 34.7 Å². The van der Waals surface area contributed by atoms with Crippen LogP contribution in [0.3, 0.4) is 0 Å². The lowest BCUT2D eigenvalue weighted by Crippen LogP contribution is -2.39. The fraction of sp³-hybridized carbons (Fsp3) is 0.818. The van der Waals surface area contributed by atoms with Crippen molar-refractivity contribution in [1.82, 2.24) is 19.3 Å². The van der Waals surface area contributed by atoms with Crippen molar-refractivity contribution in [3.63, 3.8) is 0 Å². The number of aryl methyl sites for hydroxylation is 1. The first-order chi connectivity index (χ1) is 8.96. The lowest BCUT2D eigenvalue weighted by molar-refractivity contribution is 0.261. The Morgan fingerprint density at radius 2 is 2.00 bits per heavy atom. The molecule has 1 aromatic rings. The standard InChI is InChI=1S/C11H19BrN4O2S/c1-3-4-9-5-7-16(8-6-9)19(17,18)11-10(12)13-14-15(11)2/h9H,3-8H2,1-2H3. The molecule has 0 saturated carbocycles. The normalized spacial score (nSPS) is 18.9. The predicted molar refractivity (Wildman–Crippen MR) is 75.1 cm³/mol. The number of hydrogen-bond acceptors (Lipinski definition) is 4. The molecule has 108 valence electrons. The predicted octanol–water partition coefficient (Wildman–Crippen LogP) is 1.78. The van der Waals surface area contributed by atoms with Crippen LogP contribution in [-0.4, -0.2) is 40.8 Å². The Morgan fingerprint density at radius 3 is 2.47 bits per heavy atom. The third kappa shape index (κ3) is 3.00. The summed E-state index contributed by atoms with van der Waals surface area (Å²) in [5, 5.41) is 7.62. The van der Waals surface area contributed by atoms with Crippen LogP contribution in [0.1, 0.15) is 32.6 Å². The summed E-state index contributed by atoms with van der Waals surface area (Å²) in [5.41, 5.74) is 0. The SMILES string of the molecule is CCCC1CCN(S(=O)(=O)c2c(Br)nnn2C)CC1. The summed E-state index contributed by atoms with van der Waals surface area (Å²) in [6, 6.07) is 0. The molecule has 0 aliphatic carbocycles. The van der Waals surface area contributed by atoms with Gasteiger partial charge in [-0.3, -0.25) is 0 Å². The maximum Gasteiger partial charge on any atom is 0.263 e. The van der Waals surface area contributed by atoms with Crippen molar-refractivity contribution >= 4 is 26.0 Å². The molecule has 0 atom stereocenters. The van der Waals surface area contributed by atoms with Crippen LogP contribution in [0, 0.1) is 5.92 Å². The zero-order chi connectivity index (χ0) is 14.0. The van der Waals surface area contributed by atoms with Crippen molar-refractivity contribution in [2.45, 2.75) is 37.6 Å². The Kier molecular flexibility index (Phi) is 4.62. The van der Waals surface area contributed by atoms with E-state index in [-0.39, 0.29) is 9.63 Å². The number of hydrogen-bond donors (Lipinski definition) is 0. The maximum absolute atomic E-state index is 12.5. The van der Waals surface area contributed by atoms with E-state index in [0.717, 1.165) is 19.3 Å². The summed E-state index contributed by atoms with van der Waals surface area (Å²) in [5.74, 6) is 0.657. The molecular weight excluding hydrogens is 332 g/mol. The number of nitrogens with zero attached hydrogens (tertiary/aromatic N) is 4. The van der Waals surface area contributed by atoms with Crippen molar-refractivity contribution in [3.8, 4) is 0 Å². The molecule has 0 amide bonds. The first-order valence-electron chi connectivity index (χ1n) is 6.52. The monoisotopic (exact) mass is 350 g/mol. The highest BCUT2D eigenvalue weighted by molar-refractivity contribution is 9.10. The van der Waals surface area contributed by atoms with Crippen LogP contribution in [0.15, 0.2) is 9.63 Å². The molecule has 1 aliphatic rings. The highest BCUT2D eigenvalue weighted by Gasteiger charge is 2.33. The van der Waals surface area contributed by atoms with Gasteiger partial charge >= 0.3 is 0 Å². The minimum Gasteiger partial charge on any atom is -0.235 e. The quantitative estimate of drug-likeness (QED) is 0.829. The molecule has 0 radical (unpaired) electrons. The summed E-state index contributed by atoms with van der Waals surface area (Å²) < 4.78 is 28.2. The van der Waals surface area contributed by atoms with E-state index in [2.05, 4.69) is 33.2 Å². The molecule has 1 saturated heterocycles. The van der Waals surface area contributed by atoms with Gasteiger partial charge in [-0.1, -0.05) is 25.0 Å². The van der Waals surface area contributed by atoms with E-state index >= 15 is 0 Å². The van der Waals surface area contributed by atoms with Crippen molar-refractivity contribution in [1.29, 1.82) is 0 Å². The second-order valence-corrected chi connectivity index (χ2v) is 7.55. The van der Waals surface area contributed by atoms with E-state index in [1.54, 1.807) is 11.4 Å². The molecular formula is C11H19BrN4O2S. The molecule has 19 heavy (non-hydrogen) atoms. The van der Waals surface area contributed by atoms with Gasteiger partial charge in [0.2, 0.25) is 5.03 Å². The highest BCUT2D eigenvalue weighted by atomic mass is 79.9. The van der Waals surface area contributed by atoms with Crippen LogP contribution in [-0.2, 0) is 17.1 Å². The average Bonchev–Trinajstić information content (AvgIpc) is 2.70. The molecule has 0 unspecified atom stereocenters. The Balaban J connectivity index is 2.15. The van der Waals surface area contributed by atoms with E-state index in [4.69, 9.17) is 0 Å². The zero-order valence-corrected chi connectivity index (χ0v) is 13.6. The number of sulfonamides is 1. The number of halogens is 1. The van der Waals surface area contributed by atoms with Crippen LogP contribution in [0.2, 0.25) is 0 Å². The lowest BCUT2D eigenvalue weighted by Gasteiger charge is -2.30. The minimum absolute atomic E-state index is 0.140. The molecule has 0 bridgehead atoms. The molecule has 0 aromatic carbocycles. The summed E-state index contributed by atoms with van der Waals surface area (Å²) in [4.78, 5) is 0. The Labute approximate surface area is 122 Å². The van der Waals surface area contributed by atoms with Gasteiger partial charge < -0.3 is 0 Å². The van der Waals surface area contributed by atoms with Gasteiger partial charge in [0.15, 0.2) is 4.60 Å². The van der Waals surface area contributed by atoms with Crippen LogP contribution in [0.25, 0.3) is 0 Å². The molecule has 2 heterocycles. The van der Waals surface area contributed by atoms with Gasteiger partial charge in [-0.25, -0.2) is 13.1 Å².